The Labute approximate surface area is 208 Å². The maximum Gasteiger partial charge on any atom is 0.414 e. The Balaban J connectivity index is 2.07. The molecule has 10 nitrogen and oxygen atoms in total. The zero-order valence-corrected chi connectivity index (χ0v) is 21.3. The second-order valence-electron chi connectivity index (χ2n) is 8.14. The van der Waals surface area contributed by atoms with Crippen LogP contribution in [-0.2, 0) is 23.1 Å². The van der Waals surface area contributed by atoms with Crippen LogP contribution >= 0.6 is 0 Å². The molecule has 0 aliphatic carbocycles. The number of carbonyl (C=O) groups excluding carboxylic acids is 1. The number of carbonyl (C=O) groups is 1. The quantitative estimate of drug-likeness (QED) is 0.277. The minimum atomic E-state index is -3.93. The molecule has 12 heteroatoms. The van der Waals surface area contributed by atoms with Crippen molar-refractivity contribution in [1.29, 1.82) is 0 Å². The minimum absolute atomic E-state index is 0.113. The molecule has 0 saturated heterocycles. The third-order valence-electron chi connectivity index (χ3n) is 5.42. The summed E-state index contributed by atoms with van der Waals surface area (Å²) in [7, 11) is 0.368. The van der Waals surface area contributed by atoms with E-state index in [0.29, 0.717) is 23.9 Å². The summed E-state index contributed by atoms with van der Waals surface area (Å²) in [6.07, 6.45) is -0.238. The molecule has 36 heavy (non-hydrogen) atoms. The van der Waals surface area contributed by atoms with Gasteiger partial charge in [0.1, 0.15) is 11.3 Å². The first-order chi connectivity index (χ1) is 17.1. The number of benzene rings is 2. The van der Waals surface area contributed by atoms with Crippen LogP contribution in [0.5, 0.6) is 5.75 Å². The molecule has 2 aromatic carbocycles. The van der Waals surface area contributed by atoms with E-state index < -0.39 is 27.7 Å². The summed E-state index contributed by atoms with van der Waals surface area (Å²) in [5, 5.41) is 3.83. The Morgan fingerprint density at radius 1 is 1.17 bits per heavy atom. The van der Waals surface area contributed by atoms with Crippen molar-refractivity contribution in [3.63, 3.8) is 0 Å². The molecule has 0 fully saturated rings. The lowest BCUT2D eigenvalue weighted by molar-refractivity contribution is 0.172. The molecule has 1 amide bonds. The highest BCUT2D eigenvalue weighted by atomic mass is 32.2. The van der Waals surface area contributed by atoms with Crippen molar-refractivity contribution >= 4 is 33.0 Å². The van der Waals surface area contributed by atoms with Crippen molar-refractivity contribution in [2.24, 2.45) is 0 Å². The molecule has 0 unspecified atom stereocenters. The normalized spacial score (nSPS) is 11.5. The molecular weight excluding hydrogens is 491 g/mol. The lowest BCUT2D eigenvalue weighted by Crippen LogP contribution is -2.27. The largest absolute Gasteiger partial charge is 0.422 e. The standard InChI is InChI=1S/C24H29FN4O6S/c1-5-27-12-11-17-18-10-9-16(34-24(31)29(3)4)14-21(18)35-23(30)19(17)13-15-7-6-8-20(22(15)25)28-36(32,33)26-2/h6-10,14,26-28H,5,11-13H2,1-4H3. The molecule has 1 aromatic heterocycles. The number of likely N-dealkylation sites (N-methyl/N-ethyl adjacent to an activating group) is 1. The monoisotopic (exact) mass is 520 g/mol. The Kier molecular flexibility index (Phi) is 8.66. The molecule has 3 rings (SSSR count). The van der Waals surface area contributed by atoms with E-state index >= 15 is 4.39 Å². The topological polar surface area (TPSA) is 130 Å². The van der Waals surface area contributed by atoms with E-state index in [-0.39, 0.29) is 34.6 Å². The average molecular weight is 521 g/mol. The molecule has 0 aliphatic heterocycles. The first-order valence-electron chi connectivity index (χ1n) is 11.2. The van der Waals surface area contributed by atoms with Gasteiger partial charge in [-0.1, -0.05) is 19.1 Å². The Bertz CT molecular complexity index is 1420. The van der Waals surface area contributed by atoms with Gasteiger partial charge in [0, 0.05) is 44.6 Å². The van der Waals surface area contributed by atoms with E-state index in [1.807, 2.05) is 6.92 Å². The second-order valence-corrected chi connectivity index (χ2v) is 9.75. The second kappa shape index (κ2) is 11.5. The van der Waals surface area contributed by atoms with Crippen molar-refractivity contribution in [2.45, 2.75) is 19.8 Å². The summed E-state index contributed by atoms with van der Waals surface area (Å²) in [5.74, 6) is -0.579. The van der Waals surface area contributed by atoms with Crippen LogP contribution in [0, 0.1) is 5.82 Å². The molecule has 0 bridgehead atoms. The SMILES string of the molecule is CCNCCc1c(Cc2cccc(NS(=O)(=O)NC)c2F)c(=O)oc2cc(OC(=O)N(C)C)ccc12. The van der Waals surface area contributed by atoms with Crippen LogP contribution < -0.4 is 25.1 Å². The van der Waals surface area contributed by atoms with Gasteiger partial charge in [-0.15, -0.1) is 0 Å². The van der Waals surface area contributed by atoms with Gasteiger partial charge in [0.25, 0.3) is 10.2 Å². The number of halogens is 1. The van der Waals surface area contributed by atoms with E-state index in [4.69, 9.17) is 9.15 Å². The van der Waals surface area contributed by atoms with Crippen molar-refractivity contribution < 1.29 is 26.8 Å². The van der Waals surface area contributed by atoms with Gasteiger partial charge in [0.2, 0.25) is 0 Å². The molecule has 0 radical (unpaired) electrons. The van der Waals surface area contributed by atoms with Crippen LogP contribution in [0.1, 0.15) is 23.6 Å². The fourth-order valence-electron chi connectivity index (χ4n) is 3.58. The smallest absolute Gasteiger partial charge is 0.414 e. The minimum Gasteiger partial charge on any atom is -0.422 e. The molecule has 0 spiro atoms. The van der Waals surface area contributed by atoms with Crippen molar-refractivity contribution in [2.75, 3.05) is 39.0 Å². The number of ether oxygens (including phenoxy) is 1. The third kappa shape index (κ3) is 6.39. The predicted octanol–water partition coefficient (Wildman–Crippen LogP) is 2.61. The third-order valence-corrected chi connectivity index (χ3v) is 6.45. The summed E-state index contributed by atoms with van der Waals surface area (Å²) in [5.41, 5.74) is 0.369. The van der Waals surface area contributed by atoms with Gasteiger partial charge < -0.3 is 19.4 Å². The van der Waals surface area contributed by atoms with Gasteiger partial charge in [-0.25, -0.2) is 18.7 Å². The van der Waals surface area contributed by atoms with Crippen molar-refractivity contribution in [3.8, 4) is 5.75 Å². The van der Waals surface area contributed by atoms with Gasteiger partial charge in [-0.3, -0.25) is 4.72 Å². The molecule has 0 saturated carbocycles. The number of nitrogens with zero attached hydrogens (tertiary/aromatic N) is 1. The number of anilines is 1. The summed E-state index contributed by atoms with van der Waals surface area (Å²) >= 11 is 0. The molecule has 1 heterocycles. The highest BCUT2D eigenvalue weighted by Gasteiger charge is 2.20. The lowest BCUT2D eigenvalue weighted by atomic mass is 9.96. The van der Waals surface area contributed by atoms with E-state index in [1.165, 1.54) is 36.2 Å². The highest BCUT2D eigenvalue weighted by Crippen LogP contribution is 2.28. The Morgan fingerprint density at radius 3 is 2.58 bits per heavy atom. The van der Waals surface area contributed by atoms with Crippen LogP contribution in [0.15, 0.2) is 45.6 Å². The summed E-state index contributed by atoms with van der Waals surface area (Å²) in [4.78, 5) is 26.2. The van der Waals surface area contributed by atoms with Crippen LogP contribution in [0.2, 0.25) is 0 Å². The molecule has 0 aliphatic rings. The highest BCUT2D eigenvalue weighted by molar-refractivity contribution is 7.90. The number of rotatable bonds is 10. The van der Waals surface area contributed by atoms with Gasteiger partial charge in [-0.05, 0) is 48.8 Å². The van der Waals surface area contributed by atoms with Gasteiger partial charge >= 0.3 is 11.7 Å². The van der Waals surface area contributed by atoms with Crippen molar-refractivity contribution in [1.82, 2.24) is 14.9 Å². The summed E-state index contributed by atoms with van der Waals surface area (Å²) in [6, 6.07) is 9.02. The number of hydrogen-bond acceptors (Lipinski definition) is 7. The Hall–Kier alpha value is -3.48. The van der Waals surface area contributed by atoms with E-state index in [9.17, 15) is 18.0 Å². The molecule has 3 N–H and O–H groups in total. The zero-order valence-electron chi connectivity index (χ0n) is 20.5. The van der Waals surface area contributed by atoms with Crippen LogP contribution in [0.4, 0.5) is 14.9 Å². The lowest BCUT2D eigenvalue weighted by Gasteiger charge is -2.15. The van der Waals surface area contributed by atoms with Gasteiger partial charge in [0.15, 0.2) is 5.82 Å². The van der Waals surface area contributed by atoms with E-state index in [2.05, 4.69) is 14.8 Å². The first-order valence-corrected chi connectivity index (χ1v) is 12.7. The summed E-state index contributed by atoms with van der Waals surface area (Å²) < 4.78 is 53.8. The number of hydrogen-bond donors (Lipinski definition) is 3. The van der Waals surface area contributed by atoms with Crippen LogP contribution in [-0.4, -0.2) is 53.6 Å². The first kappa shape index (κ1) is 27.1. The zero-order chi connectivity index (χ0) is 26.5. The molecule has 194 valence electrons. The average Bonchev–Trinajstić information content (AvgIpc) is 2.83. The maximum atomic E-state index is 15.2. The van der Waals surface area contributed by atoms with E-state index in [0.717, 1.165) is 6.54 Å². The van der Waals surface area contributed by atoms with Gasteiger partial charge in [0.05, 0.1) is 5.69 Å². The predicted molar refractivity (Wildman–Crippen MR) is 135 cm³/mol. The summed E-state index contributed by atoms with van der Waals surface area (Å²) in [6.45, 7) is 3.24. The van der Waals surface area contributed by atoms with Gasteiger partial charge in [-0.2, -0.15) is 8.42 Å². The Morgan fingerprint density at radius 2 is 1.92 bits per heavy atom. The van der Waals surface area contributed by atoms with E-state index in [1.54, 1.807) is 26.2 Å². The van der Waals surface area contributed by atoms with Crippen molar-refractivity contribution in [3.05, 3.63) is 69.3 Å². The fraction of sp³-hybridized carbons (Fsp3) is 0.333. The van der Waals surface area contributed by atoms with Crippen LogP contribution in [0.3, 0.4) is 0 Å². The fourth-order valence-corrected chi connectivity index (χ4v) is 4.12. The number of amides is 1. The number of fused-ring (bicyclic) bond motifs is 1. The number of nitrogens with one attached hydrogen (secondary N) is 3. The molecule has 3 aromatic rings. The maximum absolute atomic E-state index is 15.2. The molecule has 0 atom stereocenters. The molecular formula is C24H29FN4O6S. The van der Waals surface area contributed by atoms with Crippen LogP contribution in [0.25, 0.3) is 11.0 Å².